The molecule has 0 saturated carbocycles. The van der Waals surface area contributed by atoms with Crippen LogP contribution in [0.3, 0.4) is 0 Å². The van der Waals surface area contributed by atoms with Gasteiger partial charge in [0, 0.05) is 11.8 Å². The van der Waals surface area contributed by atoms with E-state index in [0.717, 1.165) is 35.0 Å². The van der Waals surface area contributed by atoms with Gasteiger partial charge >= 0.3 is 0 Å². The lowest BCUT2D eigenvalue weighted by Crippen LogP contribution is -2.04. The van der Waals surface area contributed by atoms with E-state index in [0.29, 0.717) is 0 Å². The number of hydrogen-bond acceptors (Lipinski definition) is 4. The second kappa shape index (κ2) is 3.92. The van der Waals surface area contributed by atoms with Crippen molar-refractivity contribution >= 4 is 5.69 Å². The van der Waals surface area contributed by atoms with Gasteiger partial charge in [-0.1, -0.05) is 6.92 Å². The predicted molar refractivity (Wildman–Crippen MR) is 62.4 cm³/mol. The minimum Gasteiger partial charge on any atom is -0.396 e. The molecule has 0 amide bonds. The van der Waals surface area contributed by atoms with Crippen molar-refractivity contribution in [2.24, 2.45) is 0 Å². The average Bonchev–Trinajstić information content (AvgIpc) is 2.57. The Morgan fingerprint density at radius 2 is 2.06 bits per heavy atom. The molecule has 0 radical (unpaired) electrons. The zero-order valence-corrected chi connectivity index (χ0v) is 9.73. The Morgan fingerprint density at radius 3 is 2.62 bits per heavy atom. The Morgan fingerprint density at radius 1 is 1.31 bits per heavy atom. The molecule has 2 heterocycles. The maximum Gasteiger partial charge on any atom is 0.157 e. The van der Waals surface area contributed by atoms with E-state index in [1.54, 1.807) is 11.0 Å². The van der Waals surface area contributed by atoms with Gasteiger partial charge in [0.2, 0.25) is 0 Å². The minimum atomic E-state index is 0.719. The topological polar surface area (TPSA) is 69.6 Å². The first-order chi connectivity index (χ1) is 7.63. The molecule has 16 heavy (non-hydrogen) atoms. The second-order valence-electron chi connectivity index (χ2n) is 3.72. The van der Waals surface area contributed by atoms with Gasteiger partial charge in [0.1, 0.15) is 6.33 Å². The van der Waals surface area contributed by atoms with Gasteiger partial charge in [0.25, 0.3) is 0 Å². The average molecular weight is 217 g/mol. The summed E-state index contributed by atoms with van der Waals surface area (Å²) in [6.45, 7) is 5.88. The molecule has 2 aromatic heterocycles. The lowest BCUT2D eigenvalue weighted by molar-refractivity contribution is 0.793. The number of rotatable bonds is 2. The Hall–Kier alpha value is -1.91. The van der Waals surface area contributed by atoms with Crippen LogP contribution in [0.1, 0.15) is 24.0 Å². The highest BCUT2D eigenvalue weighted by Crippen LogP contribution is 2.18. The van der Waals surface area contributed by atoms with E-state index in [1.807, 2.05) is 19.9 Å². The molecule has 0 bridgehead atoms. The Kier molecular flexibility index (Phi) is 2.60. The zero-order chi connectivity index (χ0) is 11.7. The molecular weight excluding hydrogens is 202 g/mol. The van der Waals surface area contributed by atoms with Gasteiger partial charge in [0.15, 0.2) is 5.82 Å². The summed E-state index contributed by atoms with van der Waals surface area (Å²) in [7, 11) is 0. The molecule has 0 spiro atoms. The fourth-order valence-electron chi connectivity index (χ4n) is 1.57. The number of nitrogens with two attached hydrogens (primary N) is 1. The highest BCUT2D eigenvalue weighted by molar-refractivity contribution is 5.49. The minimum absolute atomic E-state index is 0.719. The molecule has 0 atom stereocenters. The van der Waals surface area contributed by atoms with Gasteiger partial charge < -0.3 is 5.73 Å². The van der Waals surface area contributed by atoms with E-state index in [4.69, 9.17) is 5.73 Å². The number of aryl methyl sites for hydroxylation is 2. The molecule has 0 aliphatic heterocycles. The van der Waals surface area contributed by atoms with Gasteiger partial charge in [-0.3, -0.25) is 0 Å². The number of nitrogen functional groups attached to an aromatic ring is 1. The summed E-state index contributed by atoms with van der Waals surface area (Å²) in [5.41, 5.74) is 9.34. The third-order valence-electron chi connectivity index (χ3n) is 2.64. The lowest BCUT2D eigenvalue weighted by Gasteiger charge is -2.04. The molecule has 0 saturated heterocycles. The smallest absolute Gasteiger partial charge is 0.157 e. The van der Waals surface area contributed by atoms with Gasteiger partial charge in [-0.15, -0.1) is 0 Å². The van der Waals surface area contributed by atoms with Crippen LogP contribution in [0, 0.1) is 13.8 Å². The fraction of sp³-hybridized carbons (Fsp3) is 0.364. The fourth-order valence-corrected chi connectivity index (χ4v) is 1.57. The van der Waals surface area contributed by atoms with Crippen molar-refractivity contribution in [3.63, 3.8) is 0 Å². The van der Waals surface area contributed by atoms with Crippen LogP contribution in [0.25, 0.3) is 5.82 Å². The Labute approximate surface area is 94.3 Å². The van der Waals surface area contributed by atoms with E-state index < -0.39 is 0 Å². The number of nitrogens with zero attached hydrogens (tertiary/aromatic N) is 4. The van der Waals surface area contributed by atoms with E-state index in [1.165, 1.54) is 0 Å². The van der Waals surface area contributed by atoms with Crippen LogP contribution >= 0.6 is 0 Å². The molecule has 84 valence electrons. The van der Waals surface area contributed by atoms with Crippen molar-refractivity contribution in [3.05, 3.63) is 29.5 Å². The largest absolute Gasteiger partial charge is 0.396 e. The first kappa shape index (κ1) is 10.6. The van der Waals surface area contributed by atoms with Crippen LogP contribution in [0.2, 0.25) is 0 Å². The van der Waals surface area contributed by atoms with Crippen molar-refractivity contribution < 1.29 is 0 Å². The predicted octanol–water partition coefficient (Wildman–Crippen LogP) is 1.42. The molecule has 2 aromatic rings. The summed E-state index contributed by atoms with van der Waals surface area (Å²) in [6, 6.07) is 1.93. The highest BCUT2D eigenvalue weighted by atomic mass is 15.3. The number of aromatic nitrogens is 4. The summed E-state index contributed by atoms with van der Waals surface area (Å²) >= 11 is 0. The molecule has 5 nitrogen and oxygen atoms in total. The van der Waals surface area contributed by atoms with Crippen molar-refractivity contribution in [2.75, 3.05) is 5.73 Å². The molecular formula is C11H15N5. The van der Waals surface area contributed by atoms with E-state index in [2.05, 4.69) is 22.0 Å². The van der Waals surface area contributed by atoms with Crippen LogP contribution in [0.15, 0.2) is 12.4 Å². The Bertz CT molecular complexity index is 515. The molecule has 2 N–H and O–H groups in total. The monoisotopic (exact) mass is 217 g/mol. The third-order valence-corrected chi connectivity index (χ3v) is 2.64. The zero-order valence-electron chi connectivity index (χ0n) is 9.73. The molecule has 2 rings (SSSR count). The summed E-state index contributed by atoms with van der Waals surface area (Å²) in [5, 5.41) is 4.36. The lowest BCUT2D eigenvalue weighted by atomic mass is 10.3. The quantitative estimate of drug-likeness (QED) is 0.826. The van der Waals surface area contributed by atoms with E-state index >= 15 is 0 Å². The summed E-state index contributed by atoms with van der Waals surface area (Å²) in [6.07, 6.45) is 2.44. The van der Waals surface area contributed by atoms with Crippen molar-refractivity contribution in [3.8, 4) is 5.82 Å². The molecule has 0 aromatic carbocycles. The molecule has 0 fully saturated rings. The van der Waals surface area contributed by atoms with Crippen LogP contribution in [0.5, 0.6) is 0 Å². The molecule has 5 heteroatoms. The van der Waals surface area contributed by atoms with Crippen LogP contribution in [-0.4, -0.2) is 19.7 Å². The van der Waals surface area contributed by atoms with Crippen LogP contribution in [-0.2, 0) is 6.42 Å². The van der Waals surface area contributed by atoms with E-state index in [9.17, 15) is 0 Å². The van der Waals surface area contributed by atoms with Gasteiger partial charge in [-0.2, -0.15) is 5.10 Å². The number of anilines is 1. The van der Waals surface area contributed by atoms with E-state index in [-0.39, 0.29) is 0 Å². The molecule has 0 unspecified atom stereocenters. The van der Waals surface area contributed by atoms with Gasteiger partial charge in [-0.05, 0) is 20.3 Å². The first-order valence-corrected chi connectivity index (χ1v) is 5.26. The Balaban J connectivity index is 2.54. The van der Waals surface area contributed by atoms with Gasteiger partial charge in [0.05, 0.1) is 17.1 Å². The molecule has 0 aliphatic rings. The highest BCUT2D eigenvalue weighted by Gasteiger charge is 2.10. The van der Waals surface area contributed by atoms with Crippen molar-refractivity contribution in [1.29, 1.82) is 0 Å². The SMILES string of the molecule is CCc1cc(-n2nc(C)c(N)c2C)ncn1. The second-order valence-corrected chi connectivity index (χ2v) is 3.72. The van der Waals surface area contributed by atoms with Crippen molar-refractivity contribution in [2.45, 2.75) is 27.2 Å². The summed E-state index contributed by atoms with van der Waals surface area (Å²) in [4.78, 5) is 8.37. The standard InChI is InChI=1S/C11H15N5/c1-4-9-5-10(14-6-13-9)16-8(3)11(12)7(2)15-16/h5-6H,4,12H2,1-3H3. The number of hydrogen-bond donors (Lipinski definition) is 1. The van der Waals surface area contributed by atoms with Crippen molar-refractivity contribution in [1.82, 2.24) is 19.7 Å². The van der Waals surface area contributed by atoms with Crippen LogP contribution in [0.4, 0.5) is 5.69 Å². The maximum absolute atomic E-state index is 5.88. The summed E-state index contributed by atoms with van der Waals surface area (Å²) in [5.74, 6) is 0.768. The first-order valence-electron chi connectivity index (χ1n) is 5.26. The van der Waals surface area contributed by atoms with Crippen LogP contribution < -0.4 is 5.73 Å². The van der Waals surface area contributed by atoms with Gasteiger partial charge in [-0.25, -0.2) is 14.6 Å². The normalized spacial score (nSPS) is 10.7. The summed E-state index contributed by atoms with van der Waals surface area (Å²) < 4.78 is 1.76. The molecule has 0 aliphatic carbocycles. The maximum atomic E-state index is 5.88. The third kappa shape index (κ3) is 1.64.